The Kier molecular flexibility index (Phi) is 8.47. The van der Waals surface area contributed by atoms with Gasteiger partial charge >= 0.3 is 0 Å². The lowest BCUT2D eigenvalue weighted by Gasteiger charge is -2.14. The highest BCUT2D eigenvalue weighted by atomic mass is 127. The fourth-order valence-corrected chi connectivity index (χ4v) is 5.52. The number of nitrogens with zero attached hydrogens (tertiary/aromatic N) is 1. The lowest BCUT2D eigenvalue weighted by molar-refractivity contribution is -0.115. The Bertz CT molecular complexity index is 1330. The van der Waals surface area contributed by atoms with Crippen LogP contribution in [0.3, 0.4) is 0 Å². The number of benzene rings is 3. The number of hydrogen-bond donors (Lipinski definition) is 1. The first-order valence-electron chi connectivity index (χ1n) is 9.82. The second kappa shape index (κ2) is 11.3. The van der Waals surface area contributed by atoms with Gasteiger partial charge in [-0.15, -0.1) is 0 Å². The maximum absolute atomic E-state index is 12.5. The summed E-state index contributed by atoms with van der Waals surface area (Å²) in [5.74, 6) is 0.942. The van der Waals surface area contributed by atoms with E-state index in [0.29, 0.717) is 31.6 Å². The van der Waals surface area contributed by atoms with Gasteiger partial charge < -0.3 is 14.8 Å². The molecule has 5 nitrogen and oxygen atoms in total. The molecule has 10 heteroatoms. The van der Waals surface area contributed by atoms with Crippen LogP contribution in [-0.2, 0) is 11.4 Å². The Balaban J connectivity index is 1.54. The number of nitrogens with one attached hydrogen (secondary N) is 1. The molecule has 1 fully saturated rings. The molecule has 1 N–H and O–H groups in total. The van der Waals surface area contributed by atoms with E-state index in [2.05, 4.69) is 48.8 Å². The number of halogens is 4. The van der Waals surface area contributed by atoms with E-state index >= 15 is 0 Å². The Hall–Kier alpha value is -1.72. The molecule has 34 heavy (non-hydrogen) atoms. The van der Waals surface area contributed by atoms with Crippen LogP contribution in [0.25, 0.3) is 6.08 Å². The van der Waals surface area contributed by atoms with Crippen molar-refractivity contribution in [2.75, 3.05) is 7.11 Å². The molecule has 0 aromatic heterocycles. The molecule has 1 amide bonds. The van der Waals surface area contributed by atoms with Crippen LogP contribution in [0, 0.1) is 3.57 Å². The maximum atomic E-state index is 12.5. The molecule has 0 radical (unpaired) electrons. The fourth-order valence-electron chi connectivity index (χ4n) is 3.05. The molecule has 1 aliphatic rings. The zero-order valence-corrected chi connectivity index (χ0v) is 23.6. The summed E-state index contributed by atoms with van der Waals surface area (Å²) >= 11 is 19.1. The van der Waals surface area contributed by atoms with Crippen LogP contribution in [0.5, 0.6) is 11.5 Å². The minimum atomic E-state index is -0.203. The lowest BCUT2D eigenvalue weighted by Crippen LogP contribution is -2.19. The van der Waals surface area contributed by atoms with Gasteiger partial charge in [-0.3, -0.25) is 4.79 Å². The highest BCUT2D eigenvalue weighted by Gasteiger charge is 2.24. The van der Waals surface area contributed by atoms with Crippen molar-refractivity contribution in [1.82, 2.24) is 5.32 Å². The van der Waals surface area contributed by atoms with E-state index in [1.54, 1.807) is 25.3 Å². The molecule has 1 heterocycles. The predicted octanol–water partition coefficient (Wildman–Crippen LogP) is 7.84. The van der Waals surface area contributed by atoms with Crippen molar-refractivity contribution in [3.63, 3.8) is 0 Å². The second-order valence-electron chi connectivity index (χ2n) is 7.02. The van der Waals surface area contributed by atoms with Gasteiger partial charge in [-0.25, -0.2) is 4.99 Å². The van der Waals surface area contributed by atoms with Gasteiger partial charge in [0.1, 0.15) is 6.61 Å². The van der Waals surface area contributed by atoms with E-state index in [-0.39, 0.29) is 12.5 Å². The monoisotopic (exact) mass is 688 g/mol. The van der Waals surface area contributed by atoms with Crippen LogP contribution in [0.2, 0.25) is 10.0 Å². The number of amidine groups is 1. The van der Waals surface area contributed by atoms with Gasteiger partial charge in [0.05, 0.1) is 21.3 Å². The molecule has 0 unspecified atom stereocenters. The normalized spacial score (nSPS) is 15.6. The van der Waals surface area contributed by atoms with Gasteiger partial charge in [0, 0.05) is 20.1 Å². The number of carbonyl (C=O) groups excluding carboxylic acids is 1. The molecule has 0 atom stereocenters. The SMILES string of the molecule is COc1cc(/C=C2\SC(=Nc3cccc(Br)c3)NC2=O)cc(I)c1OCc1ccc(Cl)cc1Cl. The average molecular weight is 690 g/mol. The third-order valence-corrected chi connectivity index (χ3v) is 7.42. The van der Waals surface area contributed by atoms with Crippen molar-refractivity contribution in [2.45, 2.75) is 6.61 Å². The number of methoxy groups -OCH3 is 1. The van der Waals surface area contributed by atoms with E-state index < -0.39 is 0 Å². The summed E-state index contributed by atoms with van der Waals surface area (Å²) in [7, 11) is 1.57. The summed E-state index contributed by atoms with van der Waals surface area (Å²) in [6.07, 6.45) is 1.80. The molecule has 3 aromatic rings. The number of thioether (sulfide) groups is 1. The van der Waals surface area contributed by atoms with Gasteiger partial charge in [-0.05, 0) is 88.5 Å². The minimum Gasteiger partial charge on any atom is -0.493 e. The molecular weight excluding hydrogens is 674 g/mol. The minimum absolute atomic E-state index is 0.203. The number of amides is 1. The first-order valence-corrected chi connectivity index (χ1v) is 13.3. The number of ether oxygens (including phenoxy) is 2. The summed E-state index contributed by atoms with van der Waals surface area (Å²) in [6, 6.07) is 16.6. The summed E-state index contributed by atoms with van der Waals surface area (Å²) in [5.41, 5.74) is 2.36. The standard InChI is InChI=1S/C24H16BrCl2IN2O3S/c1-32-20-8-13(7-19(28)22(20)33-12-14-5-6-16(26)11-18(14)27)9-21-23(31)30-24(34-21)29-17-4-2-3-15(25)10-17/h2-11H,12H2,1H3,(H,29,30,31)/b21-9-. The van der Waals surface area contributed by atoms with Crippen LogP contribution in [0.15, 0.2) is 69.0 Å². The highest BCUT2D eigenvalue weighted by Crippen LogP contribution is 2.37. The van der Waals surface area contributed by atoms with Crippen LogP contribution >= 0.6 is 73.5 Å². The third-order valence-electron chi connectivity index (χ3n) is 4.63. The molecule has 0 spiro atoms. The van der Waals surface area contributed by atoms with Gasteiger partial charge in [0.25, 0.3) is 5.91 Å². The van der Waals surface area contributed by atoms with Crippen molar-refractivity contribution < 1.29 is 14.3 Å². The van der Waals surface area contributed by atoms with Crippen molar-refractivity contribution in [2.24, 2.45) is 4.99 Å². The fraction of sp³-hybridized carbons (Fsp3) is 0.0833. The van der Waals surface area contributed by atoms with Crippen LogP contribution < -0.4 is 14.8 Å². The van der Waals surface area contributed by atoms with Crippen molar-refractivity contribution >= 4 is 96.3 Å². The smallest absolute Gasteiger partial charge is 0.264 e. The average Bonchev–Trinajstić information content (AvgIpc) is 3.12. The van der Waals surface area contributed by atoms with Gasteiger partial charge in [0.15, 0.2) is 16.7 Å². The molecular formula is C24H16BrCl2IN2O3S. The summed E-state index contributed by atoms with van der Waals surface area (Å²) in [6.45, 7) is 0.260. The zero-order valence-electron chi connectivity index (χ0n) is 17.6. The topological polar surface area (TPSA) is 59.9 Å². The molecule has 1 saturated heterocycles. The predicted molar refractivity (Wildman–Crippen MR) is 151 cm³/mol. The van der Waals surface area contributed by atoms with E-state index in [9.17, 15) is 4.79 Å². The Morgan fingerprint density at radius 2 is 2.00 bits per heavy atom. The first-order chi connectivity index (χ1) is 16.3. The van der Waals surface area contributed by atoms with Crippen molar-refractivity contribution in [1.29, 1.82) is 0 Å². The van der Waals surface area contributed by atoms with Crippen LogP contribution in [0.1, 0.15) is 11.1 Å². The van der Waals surface area contributed by atoms with E-state index in [0.717, 1.165) is 24.9 Å². The summed E-state index contributed by atoms with van der Waals surface area (Å²) in [4.78, 5) is 17.5. The highest BCUT2D eigenvalue weighted by molar-refractivity contribution is 14.1. The lowest BCUT2D eigenvalue weighted by atomic mass is 10.2. The molecule has 174 valence electrons. The molecule has 3 aromatic carbocycles. The largest absolute Gasteiger partial charge is 0.493 e. The first kappa shape index (κ1) is 25.4. The molecule has 4 rings (SSSR count). The Morgan fingerprint density at radius 3 is 2.74 bits per heavy atom. The maximum Gasteiger partial charge on any atom is 0.264 e. The zero-order chi connectivity index (χ0) is 24.2. The molecule has 0 bridgehead atoms. The Morgan fingerprint density at radius 1 is 1.18 bits per heavy atom. The second-order valence-corrected chi connectivity index (χ2v) is 11.0. The molecule has 1 aliphatic heterocycles. The van der Waals surface area contributed by atoms with E-state index in [1.807, 2.05) is 42.5 Å². The van der Waals surface area contributed by atoms with Crippen LogP contribution in [-0.4, -0.2) is 18.2 Å². The Labute approximate surface area is 233 Å². The summed E-state index contributed by atoms with van der Waals surface area (Å²) in [5, 5.41) is 4.43. The van der Waals surface area contributed by atoms with Crippen molar-refractivity contribution in [3.8, 4) is 11.5 Å². The number of aliphatic imine (C=N–C) groups is 1. The van der Waals surface area contributed by atoms with Gasteiger partial charge in [0.2, 0.25) is 0 Å². The molecule has 0 saturated carbocycles. The van der Waals surface area contributed by atoms with E-state index in [1.165, 1.54) is 11.8 Å². The number of hydrogen-bond acceptors (Lipinski definition) is 5. The molecule has 0 aliphatic carbocycles. The number of carbonyl (C=O) groups is 1. The van der Waals surface area contributed by atoms with E-state index in [4.69, 9.17) is 32.7 Å². The van der Waals surface area contributed by atoms with Gasteiger partial charge in [-0.1, -0.05) is 51.3 Å². The van der Waals surface area contributed by atoms with Gasteiger partial charge in [-0.2, -0.15) is 0 Å². The van der Waals surface area contributed by atoms with Crippen LogP contribution in [0.4, 0.5) is 5.69 Å². The summed E-state index contributed by atoms with van der Waals surface area (Å²) < 4.78 is 13.3. The number of rotatable bonds is 6. The third kappa shape index (κ3) is 6.28. The van der Waals surface area contributed by atoms with Crippen molar-refractivity contribution in [3.05, 3.63) is 88.7 Å². The quantitative estimate of drug-likeness (QED) is 0.212.